The Morgan fingerprint density at radius 1 is 1.25 bits per heavy atom. The van der Waals surface area contributed by atoms with Gasteiger partial charge in [-0.3, -0.25) is 0 Å². The van der Waals surface area contributed by atoms with Crippen molar-refractivity contribution in [3.63, 3.8) is 0 Å². The van der Waals surface area contributed by atoms with E-state index in [1.165, 1.54) is 0 Å². The van der Waals surface area contributed by atoms with Crippen molar-refractivity contribution in [3.8, 4) is 0 Å². The van der Waals surface area contributed by atoms with Crippen LogP contribution >= 0.6 is 0 Å². The van der Waals surface area contributed by atoms with E-state index in [0.717, 1.165) is 0 Å². The predicted octanol–water partition coefficient (Wildman–Crippen LogP) is -2.16. The molecule has 0 saturated carbocycles. The summed E-state index contributed by atoms with van der Waals surface area (Å²) in [4.78, 5) is 10.2. The molecule has 5 heteroatoms. The first-order valence-electron chi connectivity index (χ1n) is 2.59. The number of carbonyl (C=O) groups is 1. The average Bonchev–Trinajstić information content (AvgIpc) is 1.90. The number of carboxylic acids is 1. The molecular formula is C7H12NNaO3. The van der Waals surface area contributed by atoms with Gasteiger partial charge in [-0.25, -0.2) is 4.79 Å². The summed E-state index contributed by atoms with van der Waals surface area (Å²) in [6.07, 6.45) is 0. The van der Waals surface area contributed by atoms with Crippen LogP contribution in [0.4, 0.5) is 0 Å². The van der Waals surface area contributed by atoms with Crippen LogP contribution in [0.1, 0.15) is 11.8 Å². The Morgan fingerprint density at radius 3 is 1.92 bits per heavy atom. The largest absolute Gasteiger partial charge is 1.00 e. The second-order valence-electron chi connectivity index (χ2n) is 1.67. The topological polar surface area (TPSA) is 104 Å². The van der Waals surface area contributed by atoms with Crippen molar-refractivity contribution in [1.29, 1.82) is 0 Å². The molecule has 0 spiro atoms. The molecule has 0 aliphatic carbocycles. The third-order valence-corrected chi connectivity index (χ3v) is 1.02. The molecule has 0 saturated heterocycles. The summed E-state index contributed by atoms with van der Waals surface area (Å²) in [6, 6.07) is 8.30. The molecule has 12 heavy (non-hydrogen) atoms. The van der Waals surface area contributed by atoms with Crippen molar-refractivity contribution in [3.05, 3.63) is 35.9 Å². The molecule has 6 N–H and O–H groups in total. The molecule has 0 radical (unpaired) electrons. The van der Waals surface area contributed by atoms with E-state index in [-0.39, 0.29) is 42.6 Å². The van der Waals surface area contributed by atoms with Gasteiger partial charge in [0.15, 0.2) is 0 Å². The minimum atomic E-state index is -0.879. The maximum absolute atomic E-state index is 10.2. The Bertz CT molecular complexity index is 220. The van der Waals surface area contributed by atoms with Crippen LogP contribution < -0.4 is 35.7 Å². The average molecular weight is 181 g/mol. The molecule has 0 heterocycles. The van der Waals surface area contributed by atoms with Crippen molar-refractivity contribution >= 4 is 5.97 Å². The van der Waals surface area contributed by atoms with Crippen LogP contribution in [0.3, 0.4) is 0 Å². The Morgan fingerprint density at radius 2 is 1.67 bits per heavy atom. The fourth-order valence-electron chi connectivity index (χ4n) is 0.581. The van der Waals surface area contributed by atoms with Gasteiger partial charge in [-0.2, -0.15) is 0 Å². The van der Waals surface area contributed by atoms with Gasteiger partial charge in [0, 0.05) is 0 Å². The molecule has 1 aromatic carbocycles. The number of carboxylic acid groups (broad SMARTS) is 1. The van der Waals surface area contributed by atoms with Gasteiger partial charge in [-0.15, -0.1) is 0 Å². The zero-order valence-corrected chi connectivity index (χ0v) is 8.95. The minimum Gasteiger partial charge on any atom is -1.00 e. The van der Waals surface area contributed by atoms with Crippen LogP contribution in [-0.4, -0.2) is 16.6 Å². The second-order valence-corrected chi connectivity index (χ2v) is 1.67. The predicted molar refractivity (Wildman–Crippen MR) is 43.1 cm³/mol. The molecular weight excluding hydrogens is 169 g/mol. The summed E-state index contributed by atoms with van der Waals surface area (Å²) < 4.78 is 0. The quantitative estimate of drug-likeness (QED) is 0.482. The number of aromatic carboxylic acids is 1. The Kier molecular flexibility index (Phi) is 12.8. The Hall–Kier alpha value is -0.390. The van der Waals surface area contributed by atoms with Crippen LogP contribution in [0, 0.1) is 0 Å². The first kappa shape index (κ1) is 17.6. The van der Waals surface area contributed by atoms with E-state index >= 15 is 0 Å². The molecule has 0 aromatic heterocycles. The first-order chi connectivity index (χ1) is 4.30. The molecule has 1 rings (SSSR count). The number of hydrogen-bond donors (Lipinski definition) is 2. The molecule has 0 aliphatic heterocycles. The van der Waals surface area contributed by atoms with Crippen LogP contribution in [0.5, 0.6) is 0 Å². The first-order valence-corrected chi connectivity index (χ1v) is 2.59. The van der Waals surface area contributed by atoms with Gasteiger partial charge >= 0.3 is 35.5 Å². The summed E-state index contributed by atoms with van der Waals surface area (Å²) in [6.45, 7) is 0. The molecule has 0 amide bonds. The van der Waals surface area contributed by atoms with Crippen LogP contribution in [0.2, 0.25) is 0 Å². The summed E-state index contributed by atoms with van der Waals surface area (Å²) in [7, 11) is 0. The molecule has 0 unspecified atom stereocenters. The van der Waals surface area contributed by atoms with Crippen molar-refractivity contribution in [2.75, 3.05) is 0 Å². The number of hydrogen-bond acceptors (Lipinski definition) is 2. The third kappa shape index (κ3) is 5.29. The molecule has 0 bridgehead atoms. The fraction of sp³-hybridized carbons (Fsp3) is 0. The standard InChI is InChI=1S/C7H6O2.H3N.Na.H2O.H/c8-7(9)6-4-2-1-3-5-6;;;;/h1-5H,(H,8,9);1H3;;1H2;/q;;+1;;-1. The van der Waals surface area contributed by atoms with Crippen LogP contribution in [0.25, 0.3) is 0 Å². The van der Waals surface area contributed by atoms with E-state index in [1.54, 1.807) is 30.3 Å². The second kappa shape index (κ2) is 8.70. The fourth-order valence-corrected chi connectivity index (χ4v) is 0.581. The molecule has 4 nitrogen and oxygen atoms in total. The van der Waals surface area contributed by atoms with E-state index < -0.39 is 5.97 Å². The maximum Gasteiger partial charge on any atom is 1.00 e. The maximum atomic E-state index is 10.2. The Labute approximate surface area is 94.3 Å². The summed E-state index contributed by atoms with van der Waals surface area (Å²) in [5.41, 5.74) is 0.331. The van der Waals surface area contributed by atoms with E-state index in [2.05, 4.69) is 0 Å². The van der Waals surface area contributed by atoms with Crippen molar-refractivity contribution in [2.45, 2.75) is 0 Å². The monoisotopic (exact) mass is 181 g/mol. The SMILES string of the molecule is N.O.O=C(O)c1ccccc1.[H-].[Na+]. The van der Waals surface area contributed by atoms with E-state index in [0.29, 0.717) is 5.56 Å². The summed E-state index contributed by atoms with van der Waals surface area (Å²) >= 11 is 0. The van der Waals surface area contributed by atoms with Gasteiger partial charge in [0.1, 0.15) is 0 Å². The minimum absolute atomic E-state index is 0. The van der Waals surface area contributed by atoms with Crippen molar-refractivity contribution < 1.29 is 46.4 Å². The van der Waals surface area contributed by atoms with E-state index in [4.69, 9.17) is 5.11 Å². The Balaban J connectivity index is -0.000000101. The molecule has 0 atom stereocenters. The smallest absolute Gasteiger partial charge is 1.00 e. The van der Waals surface area contributed by atoms with E-state index in [1.807, 2.05) is 0 Å². The van der Waals surface area contributed by atoms with Gasteiger partial charge in [-0.1, -0.05) is 18.2 Å². The van der Waals surface area contributed by atoms with Gasteiger partial charge in [0.05, 0.1) is 5.56 Å². The molecule has 64 valence electrons. The zero-order chi connectivity index (χ0) is 6.69. The number of benzene rings is 1. The molecule has 1 aromatic rings. The summed E-state index contributed by atoms with van der Waals surface area (Å²) in [5, 5.41) is 8.38. The third-order valence-electron chi connectivity index (χ3n) is 1.02. The van der Waals surface area contributed by atoms with Crippen molar-refractivity contribution in [1.82, 2.24) is 6.15 Å². The molecule has 0 fully saturated rings. The molecule has 0 aliphatic rings. The zero-order valence-electron chi connectivity index (χ0n) is 7.95. The summed E-state index contributed by atoms with van der Waals surface area (Å²) in [5.74, 6) is -0.879. The number of rotatable bonds is 1. The van der Waals surface area contributed by atoms with E-state index in [9.17, 15) is 4.79 Å². The van der Waals surface area contributed by atoms with Gasteiger partial charge < -0.3 is 18.2 Å². The van der Waals surface area contributed by atoms with Gasteiger partial charge in [0.2, 0.25) is 0 Å². The van der Waals surface area contributed by atoms with Crippen LogP contribution in [-0.2, 0) is 0 Å². The normalized spacial score (nSPS) is 6.67. The van der Waals surface area contributed by atoms with Crippen LogP contribution in [0.15, 0.2) is 30.3 Å². The van der Waals surface area contributed by atoms with Gasteiger partial charge in [0.25, 0.3) is 0 Å². The van der Waals surface area contributed by atoms with Crippen molar-refractivity contribution in [2.24, 2.45) is 0 Å². The van der Waals surface area contributed by atoms with Gasteiger partial charge in [-0.05, 0) is 12.1 Å².